The van der Waals surface area contributed by atoms with Crippen molar-refractivity contribution in [3.63, 3.8) is 0 Å². The first kappa shape index (κ1) is 19.6. The number of alkyl carbamates (subject to hydrolysis) is 1. The van der Waals surface area contributed by atoms with Crippen LogP contribution in [0.4, 0.5) is 4.79 Å². The molecule has 0 saturated heterocycles. The van der Waals surface area contributed by atoms with Crippen LogP contribution in [-0.4, -0.2) is 29.8 Å². The minimum atomic E-state index is -0.462. The van der Waals surface area contributed by atoms with E-state index in [-0.39, 0.29) is 5.41 Å². The van der Waals surface area contributed by atoms with Crippen LogP contribution in [0.15, 0.2) is 18.3 Å². The molecule has 130 valence electrons. The molecule has 1 aromatic heterocycles. The first-order chi connectivity index (χ1) is 10.6. The molecular formula is C17H29N3O2S. The van der Waals surface area contributed by atoms with E-state index in [2.05, 4.69) is 36.4 Å². The molecule has 0 saturated carbocycles. The summed E-state index contributed by atoms with van der Waals surface area (Å²) < 4.78 is 5.15. The molecule has 0 aromatic carbocycles. The first-order valence-electron chi connectivity index (χ1n) is 7.86. The van der Waals surface area contributed by atoms with E-state index < -0.39 is 11.7 Å². The highest BCUT2D eigenvalue weighted by Crippen LogP contribution is 2.26. The summed E-state index contributed by atoms with van der Waals surface area (Å²) in [6.07, 6.45) is 5.44. The third-order valence-electron chi connectivity index (χ3n) is 2.69. The number of ether oxygens (including phenoxy) is 1. The van der Waals surface area contributed by atoms with Gasteiger partial charge in [-0.2, -0.15) is 0 Å². The maximum atomic E-state index is 11.4. The summed E-state index contributed by atoms with van der Waals surface area (Å²) in [4.78, 5) is 17.1. The Morgan fingerprint density at radius 1 is 1.22 bits per heavy atom. The van der Waals surface area contributed by atoms with Gasteiger partial charge in [-0.15, -0.1) is 11.3 Å². The van der Waals surface area contributed by atoms with Crippen molar-refractivity contribution in [1.82, 2.24) is 15.6 Å². The van der Waals surface area contributed by atoms with E-state index in [1.807, 2.05) is 39.1 Å². The fourth-order valence-corrected chi connectivity index (χ4v) is 2.58. The second-order valence-corrected chi connectivity index (χ2v) is 8.48. The Kier molecular flexibility index (Phi) is 7.22. The number of nitrogens with zero attached hydrogens (tertiary/aromatic N) is 1. The van der Waals surface area contributed by atoms with Crippen molar-refractivity contribution in [1.29, 1.82) is 0 Å². The van der Waals surface area contributed by atoms with Crippen molar-refractivity contribution in [3.05, 3.63) is 28.2 Å². The zero-order chi connectivity index (χ0) is 17.5. The summed E-state index contributed by atoms with van der Waals surface area (Å²) in [5, 5.41) is 7.18. The second kappa shape index (κ2) is 8.45. The molecule has 1 heterocycles. The van der Waals surface area contributed by atoms with Crippen LogP contribution in [0.1, 0.15) is 51.4 Å². The van der Waals surface area contributed by atoms with Crippen LogP contribution in [-0.2, 0) is 16.7 Å². The molecule has 1 amide bonds. The number of rotatable bonds is 6. The molecule has 0 aliphatic carbocycles. The lowest BCUT2D eigenvalue weighted by Gasteiger charge is -2.19. The third kappa shape index (κ3) is 8.71. The van der Waals surface area contributed by atoms with E-state index in [9.17, 15) is 4.79 Å². The largest absolute Gasteiger partial charge is 0.444 e. The predicted octanol–water partition coefficient (Wildman–Crippen LogP) is 3.61. The fourth-order valence-electron chi connectivity index (χ4n) is 1.64. The van der Waals surface area contributed by atoms with E-state index in [4.69, 9.17) is 4.74 Å². The van der Waals surface area contributed by atoms with Crippen molar-refractivity contribution in [3.8, 4) is 0 Å². The maximum Gasteiger partial charge on any atom is 0.407 e. The quantitative estimate of drug-likeness (QED) is 0.614. The van der Waals surface area contributed by atoms with Crippen LogP contribution in [0, 0.1) is 0 Å². The van der Waals surface area contributed by atoms with Crippen LogP contribution in [0.5, 0.6) is 0 Å². The Balaban J connectivity index is 2.18. The summed E-state index contributed by atoms with van der Waals surface area (Å²) in [5.41, 5.74) is -0.355. The molecule has 0 aliphatic heterocycles. The minimum Gasteiger partial charge on any atom is -0.444 e. The van der Waals surface area contributed by atoms with Gasteiger partial charge in [0.05, 0.1) is 5.01 Å². The van der Waals surface area contributed by atoms with Crippen LogP contribution in [0.2, 0.25) is 0 Å². The third-order valence-corrected chi connectivity index (χ3v) is 4.11. The lowest BCUT2D eigenvalue weighted by Crippen LogP contribution is -2.32. The molecule has 5 nitrogen and oxygen atoms in total. The SMILES string of the molecule is CC(C)(C)OC(=O)NC/C=C/CNCc1cnc(C(C)(C)C)s1. The van der Waals surface area contributed by atoms with Gasteiger partial charge in [0.2, 0.25) is 0 Å². The van der Waals surface area contributed by atoms with Gasteiger partial charge in [-0.05, 0) is 20.8 Å². The molecule has 2 N–H and O–H groups in total. The monoisotopic (exact) mass is 339 g/mol. The molecular weight excluding hydrogens is 310 g/mol. The number of thiazole rings is 1. The molecule has 0 spiro atoms. The van der Waals surface area contributed by atoms with E-state index >= 15 is 0 Å². The Morgan fingerprint density at radius 3 is 2.43 bits per heavy atom. The van der Waals surface area contributed by atoms with Gasteiger partial charge in [0.15, 0.2) is 0 Å². The first-order valence-corrected chi connectivity index (χ1v) is 8.67. The predicted molar refractivity (Wildman–Crippen MR) is 95.9 cm³/mol. The minimum absolute atomic E-state index is 0.107. The zero-order valence-electron chi connectivity index (χ0n) is 15.0. The summed E-state index contributed by atoms with van der Waals surface area (Å²) in [6, 6.07) is 0. The van der Waals surface area contributed by atoms with Crippen molar-refractivity contribution >= 4 is 17.4 Å². The number of aromatic nitrogens is 1. The smallest absolute Gasteiger partial charge is 0.407 e. The van der Waals surface area contributed by atoms with Gasteiger partial charge in [0.1, 0.15) is 5.60 Å². The van der Waals surface area contributed by atoms with Gasteiger partial charge in [-0.3, -0.25) is 0 Å². The van der Waals surface area contributed by atoms with Crippen LogP contribution >= 0.6 is 11.3 Å². The molecule has 6 heteroatoms. The summed E-state index contributed by atoms with van der Waals surface area (Å²) in [6.45, 7) is 14.1. The molecule has 0 aliphatic rings. The summed E-state index contributed by atoms with van der Waals surface area (Å²) in [5.74, 6) is 0. The van der Waals surface area contributed by atoms with E-state index in [0.29, 0.717) is 6.54 Å². The van der Waals surface area contributed by atoms with Crippen LogP contribution in [0.25, 0.3) is 0 Å². The van der Waals surface area contributed by atoms with Crippen LogP contribution in [0.3, 0.4) is 0 Å². The summed E-state index contributed by atoms with van der Waals surface area (Å²) >= 11 is 1.75. The fraction of sp³-hybridized carbons (Fsp3) is 0.647. The van der Waals surface area contributed by atoms with Gasteiger partial charge in [0.25, 0.3) is 0 Å². The molecule has 23 heavy (non-hydrogen) atoms. The topological polar surface area (TPSA) is 63.2 Å². The van der Waals surface area contributed by atoms with Gasteiger partial charge in [-0.25, -0.2) is 9.78 Å². The lowest BCUT2D eigenvalue weighted by molar-refractivity contribution is 0.0534. The number of nitrogens with one attached hydrogen (secondary N) is 2. The second-order valence-electron chi connectivity index (χ2n) is 7.37. The molecule has 0 radical (unpaired) electrons. The Bertz CT molecular complexity index is 525. The van der Waals surface area contributed by atoms with Gasteiger partial charge < -0.3 is 15.4 Å². The maximum absolute atomic E-state index is 11.4. The average Bonchev–Trinajstić information content (AvgIpc) is 2.84. The molecule has 0 fully saturated rings. The van der Waals surface area contributed by atoms with Gasteiger partial charge in [0, 0.05) is 36.1 Å². The Morgan fingerprint density at radius 2 is 1.87 bits per heavy atom. The number of amides is 1. The van der Waals surface area contributed by atoms with Gasteiger partial charge in [-0.1, -0.05) is 32.9 Å². The molecule has 1 rings (SSSR count). The number of carbonyl (C=O) groups excluding carboxylic acids is 1. The number of hydrogen-bond donors (Lipinski definition) is 2. The summed E-state index contributed by atoms with van der Waals surface area (Å²) in [7, 11) is 0. The standard InChI is InChI=1S/C17H29N3O2S/c1-16(2,3)14-20-12-13(23-14)11-18-9-7-8-10-19-15(21)22-17(4,5)6/h7-8,12,18H,9-11H2,1-6H3,(H,19,21)/b8-7+. The molecule has 0 bridgehead atoms. The number of hydrogen-bond acceptors (Lipinski definition) is 5. The van der Waals surface area contributed by atoms with Crippen molar-refractivity contribution in [2.24, 2.45) is 0 Å². The van der Waals surface area contributed by atoms with Crippen molar-refractivity contribution in [2.75, 3.05) is 13.1 Å². The van der Waals surface area contributed by atoms with Crippen molar-refractivity contribution < 1.29 is 9.53 Å². The molecule has 1 aromatic rings. The highest BCUT2D eigenvalue weighted by Gasteiger charge is 2.17. The van der Waals surface area contributed by atoms with Gasteiger partial charge >= 0.3 is 6.09 Å². The normalized spacial score (nSPS) is 12.6. The lowest BCUT2D eigenvalue weighted by atomic mass is 9.98. The zero-order valence-corrected chi connectivity index (χ0v) is 15.8. The molecule has 0 atom stereocenters. The van der Waals surface area contributed by atoms with Crippen LogP contribution < -0.4 is 10.6 Å². The Labute approximate surface area is 143 Å². The van der Waals surface area contributed by atoms with E-state index in [1.54, 1.807) is 11.3 Å². The van der Waals surface area contributed by atoms with E-state index in [1.165, 1.54) is 4.88 Å². The number of carbonyl (C=O) groups is 1. The van der Waals surface area contributed by atoms with Crippen molar-refractivity contribution in [2.45, 2.75) is 59.1 Å². The molecule has 0 unspecified atom stereocenters. The van der Waals surface area contributed by atoms with E-state index in [0.717, 1.165) is 18.1 Å². The highest BCUT2D eigenvalue weighted by atomic mass is 32.1. The average molecular weight is 340 g/mol. The Hall–Kier alpha value is -1.40. The highest BCUT2D eigenvalue weighted by molar-refractivity contribution is 7.11.